The number of halogens is 5. The van der Waals surface area contributed by atoms with Gasteiger partial charge in [-0.15, -0.1) is 0 Å². The maximum absolute atomic E-state index is 13.9. The van der Waals surface area contributed by atoms with E-state index in [2.05, 4.69) is 37.2 Å². The van der Waals surface area contributed by atoms with Gasteiger partial charge >= 0.3 is 6.18 Å². The van der Waals surface area contributed by atoms with Crippen LogP contribution in [0.4, 0.5) is 30.5 Å². The summed E-state index contributed by atoms with van der Waals surface area (Å²) in [5.41, 5.74) is 0.0716. The number of rotatable bonds is 5. The first-order chi connectivity index (χ1) is 20.6. The number of para-hydroxylation sites is 1. The minimum absolute atomic E-state index is 0.0380. The van der Waals surface area contributed by atoms with Crippen LogP contribution >= 0.6 is 23.2 Å². The lowest BCUT2D eigenvalue weighted by Gasteiger charge is -2.34. The van der Waals surface area contributed by atoms with Gasteiger partial charge in [-0.05, 0) is 61.6 Å². The Morgan fingerprint density at radius 1 is 0.930 bits per heavy atom. The van der Waals surface area contributed by atoms with Crippen LogP contribution in [-0.2, 0) is 6.18 Å². The zero-order chi connectivity index (χ0) is 30.3. The molecule has 1 aliphatic heterocycles. The van der Waals surface area contributed by atoms with E-state index in [0.717, 1.165) is 37.9 Å². The van der Waals surface area contributed by atoms with Crippen LogP contribution in [0.1, 0.15) is 5.56 Å². The fourth-order valence-electron chi connectivity index (χ4n) is 4.96. The fourth-order valence-corrected chi connectivity index (χ4v) is 5.46. The van der Waals surface area contributed by atoms with Crippen molar-refractivity contribution < 1.29 is 13.2 Å². The van der Waals surface area contributed by atoms with Gasteiger partial charge in [-0.1, -0.05) is 35.3 Å². The molecule has 0 radical (unpaired) electrons. The summed E-state index contributed by atoms with van der Waals surface area (Å²) in [6, 6.07) is 17.2. The molecule has 5 aromatic rings. The molecule has 0 aliphatic carbocycles. The van der Waals surface area contributed by atoms with E-state index in [0.29, 0.717) is 21.0 Å². The summed E-state index contributed by atoms with van der Waals surface area (Å²) in [7, 11) is 2.10. The molecule has 43 heavy (non-hydrogen) atoms. The number of hydrogen-bond donors (Lipinski definition) is 1. The Bertz CT molecular complexity index is 1870. The van der Waals surface area contributed by atoms with Gasteiger partial charge in [0, 0.05) is 54.3 Å². The first-order valence-electron chi connectivity index (χ1n) is 13.3. The highest BCUT2D eigenvalue weighted by Gasteiger charge is 2.34. The topological polar surface area (TPSA) is 79.2 Å². The number of piperazine rings is 1. The largest absolute Gasteiger partial charge is 0.418 e. The van der Waals surface area contributed by atoms with Crippen LogP contribution in [0.5, 0.6) is 0 Å². The molecular weight excluding hydrogens is 602 g/mol. The number of fused-ring (bicyclic) bond motifs is 1. The SMILES string of the molecule is CN1CCN(c2ccc(Nc3ncc4c(=O)n(-c5ccccc5C(F)(F)F)nc(-c5ccc(Cl)cc5Cl)c4n3)cc2)CC1. The Labute approximate surface area is 254 Å². The zero-order valence-corrected chi connectivity index (χ0v) is 24.2. The van der Waals surface area contributed by atoms with E-state index >= 15 is 0 Å². The van der Waals surface area contributed by atoms with Gasteiger partial charge in [-0.2, -0.15) is 23.0 Å². The third-order valence-corrected chi connectivity index (χ3v) is 7.80. The number of benzene rings is 3. The van der Waals surface area contributed by atoms with Crippen molar-refractivity contribution in [2.75, 3.05) is 43.4 Å². The standard InChI is InChI=1S/C30H24Cl2F3N7O/c1-40-12-14-41(15-13-40)20-9-7-19(8-10-20)37-29-36-17-22-26(38-29)27(21-11-6-18(31)16-24(21)32)39-42(28(22)43)25-5-3-2-4-23(25)30(33,34)35/h2-11,16-17H,12-15H2,1H3,(H,36,37,38). The van der Waals surface area contributed by atoms with Gasteiger partial charge in [0.15, 0.2) is 0 Å². The predicted octanol–water partition coefficient (Wildman–Crippen LogP) is 6.66. The molecule has 1 aliphatic rings. The smallest absolute Gasteiger partial charge is 0.369 e. The van der Waals surface area contributed by atoms with E-state index < -0.39 is 23.0 Å². The highest BCUT2D eigenvalue weighted by molar-refractivity contribution is 6.36. The molecule has 1 saturated heterocycles. The van der Waals surface area contributed by atoms with Crippen molar-refractivity contribution in [2.24, 2.45) is 0 Å². The number of anilines is 3. The van der Waals surface area contributed by atoms with E-state index in [4.69, 9.17) is 23.2 Å². The number of aromatic nitrogens is 4. The highest BCUT2D eigenvalue weighted by Crippen LogP contribution is 2.36. The van der Waals surface area contributed by atoms with Gasteiger partial charge in [-0.25, -0.2) is 9.97 Å². The van der Waals surface area contributed by atoms with Gasteiger partial charge in [0.25, 0.3) is 5.56 Å². The van der Waals surface area contributed by atoms with Gasteiger partial charge < -0.3 is 15.1 Å². The summed E-state index contributed by atoms with van der Waals surface area (Å²) in [5.74, 6) is 0.167. The quantitative estimate of drug-likeness (QED) is 0.234. The lowest BCUT2D eigenvalue weighted by Crippen LogP contribution is -2.44. The van der Waals surface area contributed by atoms with Gasteiger partial charge in [0.05, 0.1) is 21.7 Å². The highest BCUT2D eigenvalue weighted by atomic mass is 35.5. The molecular formula is C30H24Cl2F3N7O. The van der Waals surface area contributed by atoms with E-state index in [1.54, 1.807) is 12.1 Å². The molecule has 0 amide bonds. The summed E-state index contributed by atoms with van der Waals surface area (Å²) in [6.45, 7) is 3.85. The summed E-state index contributed by atoms with van der Waals surface area (Å²) in [4.78, 5) is 27.1. The second kappa shape index (κ2) is 11.5. The average Bonchev–Trinajstić information content (AvgIpc) is 2.98. The molecule has 0 atom stereocenters. The van der Waals surface area contributed by atoms with Crippen molar-refractivity contribution in [1.29, 1.82) is 0 Å². The van der Waals surface area contributed by atoms with Crippen LogP contribution in [0.3, 0.4) is 0 Å². The molecule has 0 unspecified atom stereocenters. The molecule has 8 nitrogen and oxygen atoms in total. The van der Waals surface area contributed by atoms with Crippen LogP contribution in [0.25, 0.3) is 27.8 Å². The van der Waals surface area contributed by atoms with E-state index in [9.17, 15) is 18.0 Å². The zero-order valence-electron chi connectivity index (χ0n) is 22.7. The molecule has 6 rings (SSSR count). The van der Waals surface area contributed by atoms with Gasteiger partial charge in [-0.3, -0.25) is 4.79 Å². The molecule has 13 heteroatoms. The maximum Gasteiger partial charge on any atom is 0.418 e. The number of likely N-dealkylation sites (N-methyl/N-ethyl adjacent to an activating group) is 1. The van der Waals surface area contributed by atoms with Crippen molar-refractivity contribution in [3.63, 3.8) is 0 Å². The Balaban J connectivity index is 1.44. The molecule has 0 spiro atoms. The van der Waals surface area contributed by atoms with Crippen molar-refractivity contribution in [3.8, 4) is 16.9 Å². The van der Waals surface area contributed by atoms with Crippen molar-refractivity contribution >= 4 is 51.4 Å². The second-order valence-corrected chi connectivity index (χ2v) is 11.0. The number of nitrogens with zero attached hydrogens (tertiary/aromatic N) is 6. The van der Waals surface area contributed by atoms with Crippen molar-refractivity contribution in [3.05, 3.63) is 98.9 Å². The summed E-state index contributed by atoms with van der Waals surface area (Å²) in [5, 5.41) is 8.01. The fraction of sp³-hybridized carbons (Fsp3) is 0.200. The molecule has 1 fully saturated rings. The minimum Gasteiger partial charge on any atom is -0.369 e. The lowest BCUT2D eigenvalue weighted by atomic mass is 10.1. The second-order valence-electron chi connectivity index (χ2n) is 10.1. The predicted molar refractivity (Wildman–Crippen MR) is 163 cm³/mol. The molecule has 2 aromatic heterocycles. The maximum atomic E-state index is 13.9. The van der Waals surface area contributed by atoms with Gasteiger partial charge in [0.1, 0.15) is 11.2 Å². The Morgan fingerprint density at radius 3 is 2.35 bits per heavy atom. The third-order valence-electron chi connectivity index (χ3n) is 7.25. The van der Waals surface area contributed by atoms with Crippen LogP contribution in [0.15, 0.2) is 77.7 Å². The van der Waals surface area contributed by atoms with Crippen molar-refractivity contribution in [2.45, 2.75) is 6.18 Å². The summed E-state index contributed by atoms with van der Waals surface area (Å²) >= 11 is 12.6. The lowest BCUT2D eigenvalue weighted by molar-refractivity contribution is -0.137. The van der Waals surface area contributed by atoms with Crippen LogP contribution in [-0.4, -0.2) is 57.9 Å². The monoisotopic (exact) mass is 625 g/mol. The molecule has 3 heterocycles. The Morgan fingerprint density at radius 2 is 1.65 bits per heavy atom. The summed E-state index contributed by atoms with van der Waals surface area (Å²) < 4.78 is 42.4. The summed E-state index contributed by atoms with van der Waals surface area (Å²) in [6.07, 6.45) is -3.46. The molecule has 220 valence electrons. The first-order valence-corrected chi connectivity index (χ1v) is 14.1. The van der Waals surface area contributed by atoms with E-state index in [-0.39, 0.29) is 27.6 Å². The molecule has 1 N–H and O–H groups in total. The van der Waals surface area contributed by atoms with Crippen molar-refractivity contribution in [1.82, 2.24) is 24.6 Å². The number of nitrogens with one attached hydrogen (secondary N) is 1. The molecule has 3 aromatic carbocycles. The van der Waals surface area contributed by atoms with Crippen LogP contribution in [0, 0.1) is 0 Å². The normalized spacial score (nSPS) is 14.3. The molecule has 0 bridgehead atoms. The van der Waals surface area contributed by atoms with Crippen LogP contribution < -0.4 is 15.8 Å². The Hall–Kier alpha value is -4.19. The molecule has 0 saturated carbocycles. The average molecular weight is 626 g/mol. The van der Waals surface area contributed by atoms with E-state index in [1.165, 1.54) is 30.5 Å². The van der Waals surface area contributed by atoms with Crippen LogP contribution in [0.2, 0.25) is 10.0 Å². The minimum atomic E-state index is -4.73. The first kappa shape index (κ1) is 28.9. The third kappa shape index (κ3) is 5.88. The van der Waals surface area contributed by atoms with Gasteiger partial charge in [0.2, 0.25) is 5.95 Å². The number of hydrogen-bond acceptors (Lipinski definition) is 7. The van der Waals surface area contributed by atoms with E-state index in [1.807, 2.05) is 24.3 Å². The Kier molecular flexibility index (Phi) is 7.72. The number of alkyl halides is 3.